The molecule has 0 N–H and O–H groups in total. The topological polar surface area (TPSA) is 106 Å². The molecule has 3 aromatic rings. The van der Waals surface area contributed by atoms with Crippen LogP contribution in [-0.2, 0) is 4.79 Å². The first kappa shape index (κ1) is 19.3. The molecule has 0 spiro atoms. The van der Waals surface area contributed by atoms with Gasteiger partial charge in [0.25, 0.3) is 0 Å². The maximum atomic E-state index is 10.8. The van der Waals surface area contributed by atoms with E-state index in [0.717, 1.165) is 11.8 Å². The van der Waals surface area contributed by atoms with Gasteiger partial charge in [0.15, 0.2) is 5.82 Å². The van der Waals surface area contributed by atoms with Gasteiger partial charge < -0.3 is 19.1 Å². The first-order chi connectivity index (χ1) is 13.6. The minimum absolute atomic E-state index is 0.129. The van der Waals surface area contributed by atoms with Gasteiger partial charge in [-0.2, -0.15) is 9.78 Å². The molecule has 2 aromatic heterocycles. The van der Waals surface area contributed by atoms with Gasteiger partial charge >= 0.3 is 0 Å². The average Bonchev–Trinajstić information content (AvgIpc) is 3.29. The molecule has 0 radical (unpaired) electrons. The van der Waals surface area contributed by atoms with Gasteiger partial charge in [-0.1, -0.05) is 29.8 Å². The summed E-state index contributed by atoms with van der Waals surface area (Å²) in [5, 5.41) is 23.7. The summed E-state index contributed by atoms with van der Waals surface area (Å²) < 4.78 is 12.3. The molecule has 9 heteroatoms. The Balaban J connectivity index is 1.99. The lowest BCUT2D eigenvalue weighted by molar-refractivity contribution is -0.301. The monoisotopic (exact) mass is 395 g/mol. The lowest BCUT2D eigenvalue weighted by Crippen LogP contribution is -2.24. The van der Waals surface area contributed by atoms with Crippen LogP contribution in [0.1, 0.15) is 11.3 Å². The van der Waals surface area contributed by atoms with Crippen LogP contribution in [0.15, 0.2) is 51.3 Å². The van der Waals surface area contributed by atoms with Crippen LogP contribution in [0.3, 0.4) is 0 Å². The fourth-order valence-corrected chi connectivity index (χ4v) is 2.93. The van der Waals surface area contributed by atoms with Crippen molar-refractivity contribution in [2.75, 3.05) is 12.4 Å². The zero-order valence-corrected chi connectivity index (χ0v) is 15.7. The molecule has 0 saturated carbocycles. The quantitative estimate of drug-likeness (QED) is 0.324. The largest absolute Gasteiger partial charge is 0.549 e. The number of carbonyl (C=O) groups excluding carboxylic acids is 1. The zero-order valence-electron chi connectivity index (χ0n) is 14.9. The number of rotatable bonds is 8. The van der Waals surface area contributed by atoms with Gasteiger partial charge in [-0.25, -0.2) is 0 Å². The van der Waals surface area contributed by atoms with Crippen LogP contribution in [0.5, 0.6) is 5.75 Å². The van der Waals surface area contributed by atoms with Gasteiger partial charge in [0, 0.05) is 11.3 Å². The van der Waals surface area contributed by atoms with Crippen LogP contribution in [0.4, 0.5) is 0 Å². The molecule has 2 heterocycles. The third-order valence-electron chi connectivity index (χ3n) is 3.57. The third-order valence-corrected chi connectivity index (χ3v) is 4.47. The molecule has 0 aliphatic carbocycles. The summed E-state index contributed by atoms with van der Waals surface area (Å²) in [6, 6.07) is 8.99. The van der Waals surface area contributed by atoms with Crippen molar-refractivity contribution in [3.05, 3.63) is 47.9 Å². The lowest BCUT2D eigenvalue weighted by atomic mass is 10.2. The van der Waals surface area contributed by atoms with Crippen molar-refractivity contribution in [2.24, 2.45) is 5.10 Å². The van der Waals surface area contributed by atoms with Crippen LogP contribution in [0, 0.1) is 19.3 Å². The summed E-state index contributed by atoms with van der Waals surface area (Å²) in [5.41, 5.74) is 1.39. The maximum absolute atomic E-state index is 10.8. The minimum Gasteiger partial charge on any atom is -0.549 e. The van der Waals surface area contributed by atoms with Crippen LogP contribution in [-0.4, -0.2) is 39.4 Å². The number of aryl methyl sites for hydroxylation is 1. The van der Waals surface area contributed by atoms with Gasteiger partial charge in [-0.3, -0.25) is 0 Å². The number of aromatic nitrogens is 3. The number of carboxylic acid groups (broad SMARTS) is 1. The minimum atomic E-state index is -1.21. The Morgan fingerprint density at radius 1 is 1.43 bits per heavy atom. The Morgan fingerprint density at radius 2 is 2.25 bits per heavy atom. The van der Waals surface area contributed by atoms with E-state index in [1.807, 2.05) is 18.2 Å². The predicted octanol–water partition coefficient (Wildman–Crippen LogP) is 1.58. The predicted molar refractivity (Wildman–Crippen MR) is 102 cm³/mol. The van der Waals surface area contributed by atoms with Crippen molar-refractivity contribution in [2.45, 2.75) is 12.1 Å². The SMILES string of the molecule is C#CCOc1ccccc1/C=N\n1c(SCC(=O)[O-])nnc1-c1ccoc1C. The van der Waals surface area contributed by atoms with E-state index in [9.17, 15) is 9.90 Å². The number of aliphatic carboxylic acids is 1. The van der Waals surface area contributed by atoms with Crippen LogP contribution in [0.25, 0.3) is 11.4 Å². The highest BCUT2D eigenvalue weighted by Gasteiger charge is 2.17. The fourth-order valence-electron chi connectivity index (χ4n) is 2.33. The van der Waals surface area contributed by atoms with E-state index in [2.05, 4.69) is 21.2 Å². The van der Waals surface area contributed by atoms with Gasteiger partial charge in [0.05, 0.1) is 24.0 Å². The highest BCUT2D eigenvalue weighted by molar-refractivity contribution is 7.99. The fraction of sp³-hybridized carbons (Fsp3) is 0.158. The number of carbonyl (C=O) groups is 1. The third kappa shape index (κ3) is 4.42. The first-order valence-electron chi connectivity index (χ1n) is 8.12. The van der Waals surface area contributed by atoms with E-state index in [0.29, 0.717) is 33.6 Å². The molecule has 0 aliphatic heterocycles. The van der Waals surface area contributed by atoms with Crippen molar-refractivity contribution in [3.8, 4) is 29.5 Å². The Bertz CT molecular complexity index is 1050. The van der Waals surface area contributed by atoms with E-state index >= 15 is 0 Å². The Labute approximate surface area is 165 Å². The van der Waals surface area contributed by atoms with E-state index in [1.54, 1.807) is 25.3 Å². The normalized spacial score (nSPS) is 10.9. The second-order valence-corrected chi connectivity index (χ2v) is 6.39. The molecule has 3 rings (SSSR count). The number of hydrogen-bond donors (Lipinski definition) is 0. The number of thioether (sulfide) groups is 1. The standard InChI is InChI=1S/C19H16N4O4S/c1-3-9-27-16-7-5-4-6-14(16)11-20-23-18(15-8-10-26-13(15)2)21-22-19(23)28-12-17(24)25/h1,4-8,10-11H,9,12H2,2H3,(H,24,25)/p-1/b20-11-. The lowest BCUT2D eigenvalue weighted by Gasteiger charge is -2.07. The molecule has 1 aromatic carbocycles. The molecule has 0 bridgehead atoms. The summed E-state index contributed by atoms with van der Waals surface area (Å²) >= 11 is 0.958. The van der Waals surface area contributed by atoms with Crippen molar-refractivity contribution in [1.82, 2.24) is 14.9 Å². The molecule has 0 unspecified atom stereocenters. The van der Waals surface area contributed by atoms with Crippen molar-refractivity contribution < 1.29 is 19.1 Å². The van der Waals surface area contributed by atoms with E-state index in [1.165, 1.54) is 10.9 Å². The molecule has 0 aliphatic rings. The molecular weight excluding hydrogens is 380 g/mol. The first-order valence-corrected chi connectivity index (χ1v) is 9.11. The molecular formula is C19H15N4O4S-. The summed E-state index contributed by atoms with van der Waals surface area (Å²) in [4.78, 5) is 10.8. The molecule has 0 atom stereocenters. The van der Waals surface area contributed by atoms with E-state index in [-0.39, 0.29) is 12.4 Å². The number of ether oxygens (including phenoxy) is 1. The average molecular weight is 395 g/mol. The van der Waals surface area contributed by atoms with Crippen LogP contribution in [0.2, 0.25) is 0 Å². The second-order valence-electron chi connectivity index (χ2n) is 5.44. The van der Waals surface area contributed by atoms with Gasteiger partial charge in [-0.05, 0) is 25.1 Å². The molecule has 0 fully saturated rings. The van der Waals surface area contributed by atoms with Gasteiger partial charge in [-0.15, -0.1) is 16.6 Å². The molecule has 142 valence electrons. The molecule has 8 nitrogen and oxygen atoms in total. The summed E-state index contributed by atoms with van der Waals surface area (Å²) in [5.74, 6) is 2.56. The summed E-state index contributed by atoms with van der Waals surface area (Å²) in [6.45, 7) is 1.92. The smallest absolute Gasteiger partial charge is 0.212 e. The molecule has 28 heavy (non-hydrogen) atoms. The van der Waals surface area contributed by atoms with Gasteiger partial charge in [0.1, 0.15) is 18.1 Å². The maximum Gasteiger partial charge on any atom is 0.212 e. The Kier molecular flexibility index (Phi) is 6.14. The summed E-state index contributed by atoms with van der Waals surface area (Å²) in [7, 11) is 0. The number of para-hydroxylation sites is 1. The number of hydrogen-bond acceptors (Lipinski definition) is 8. The molecule has 0 amide bonds. The van der Waals surface area contributed by atoms with E-state index < -0.39 is 5.97 Å². The number of furan rings is 1. The zero-order chi connectivity index (χ0) is 19.9. The Morgan fingerprint density at radius 3 is 2.96 bits per heavy atom. The number of terminal acetylenes is 1. The van der Waals surface area contributed by atoms with Crippen molar-refractivity contribution in [1.29, 1.82) is 0 Å². The molecule has 0 saturated heterocycles. The van der Waals surface area contributed by atoms with Crippen LogP contribution >= 0.6 is 11.8 Å². The number of carboxylic acids is 1. The number of nitrogens with zero attached hydrogens (tertiary/aromatic N) is 4. The number of benzene rings is 1. The Hall–Kier alpha value is -3.51. The highest BCUT2D eigenvalue weighted by atomic mass is 32.2. The highest BCUT2D eigenvalue weighted by Crippen LogP contribution is 2.27. The van der Waals surface area contributed by atoms with Crippen LogP contribution < -0.4 is 9.84 Å². The van der Waals surface area contributed by atoms with E-state index in [4.69, 9.17) is 15.6 Å². The van der Waals surface area contributed by atoms with Crippen molar-refractivity contribution >= 4 is 23.9 Å². The summed E-state index contributed by atoms with van der Waals surface area (Å²) in [6.07, 6.45) is 8.35. The van der Waals surface area contributed by atoms with Crippen molar-refractivity contribution in [3.63, 3.8) is 0 Å². The second kappa shape index (κ2) is 8.92. The van der Waals surface area contributed by atoms with Gasteiger partial charge in [0.2, 0.25) is 5.16 Å².